The van der Waals surface area contributed by atoms with Crippen LogP contribution in [0.2, 0.25) is 0 Å². The third kappa shape index (κ3) is 4.93. The van der Waals surface area contributed by atoms with Crippen LogP contribution in [0.5, 0.6) is 0 Å². The average molecular weight is 441 g/mol. The van der Waals surface area contributed by atoms with Gasteiger partial charge in [0.15, 0.2) is 5.65 Å². The van der Waals surface area contributed by atoms with Gasteiger partial charge < -0.3 is 5.32 Å². The van der Waals surface area contributed by atoms with Crippen molar-refractivity contribution in [1.29, 1.82) is 0 Å². The molecule has 7 nitrogen and oxygen atoms in total. The molecule has 1 aliphatic heterocycles. The topological polar surface area (TPSA) is 75.9 Å². The van der Waals surface area contributed by atoms with Gasteiger partial charge >= 0.3 is 0 Å². The van der Waals surface area contributed by atoms with E-state index in [0.29, 0.717) is 23.7 Å². The summed E-state index contributed by atoms with van der Waals surface area (Å²) in [6.45, 7) is 5.95. The summed E-state index contributed by atoms with van der Waals surface area (Å²) in [6.07, 6.45) is 3.91. The first-order valence-corrected chi connectivity index (χ1v) is 11.5. The highest BCUT2D eigenvalue weighted by molar-refractivity contribution is 5.94. The molecule has 2 aromatic heterocycles. The van der Waals surface area contributed by atoms with Gasteiger partial charge in [-0.15, -0.1) is 5.10 Å². The van der Waals surface area contributed by atoms with Gasteiger partial charge in [0, 0.05) is 24.8 Å². The number of likely N-dealkylation sites (tertiary alicyclic amines) is 1. The van der Waals surface area contributed by atoms with Crippen molar-refractivity contribution in [2.45, 2.75) is 26.3 Å². The molecule has 1 aliphatic rings. The molecular formula is C26H28N6O. The number of carbonyl (C=O) groups excluding carboxylic acids is 1. The van der Waals surface area contributed by atoms with Crippen LogP contribution < -0.4 is 5.32 Å². The van der Waals surface area contributed by atoms with Crippen molar-refractivity contribution in [1.82, 2.24) is 30.2 Å². The van der Waals surface area contributed by atoms with Crippen LogP contribution in [0.1, 0.15) is 34.3 Å². The molecule has 7 heteroatoms. The van der Waals surface area contributed by atoms with Crippen LogP contribution in [0.15, 0.2) is 66.9 Å². The Hall–Kier alpha value is -3.58. The molecule has 0 atom stereocenters. The Kier molecular flexibility index (Phi) is 6.13. The lowest BCUT2D eigenvalue weighted by Gasteiger charge is -2.32. The van der Waals surface area contributed by atoms with E-state index >= 15 is 0 Å². The SMILES string of the molecule is Cc1ccc(CN2CCC(CNC(=O)c3cccc(-n4nnc5cccnc54)c3)CC2)cc1. The molecule has 168 valence electrons. The van der Waals surface area contributed by atoms with Gasteiger partial charge in [0.25, 0.3) is 5.91 Å². The van der Waals surface area contributed by atoms with Gasteiger partial charge in [0.2, 0.25) is 0 Å². The quantitative estimate of drug-likeness (QED) is 0.494. The van der Waals surface area contributed by atoms with E-state index in [1.54, 1.807) is 10.9 Å². The number of aromatic nitrogens is 4. The normalized spacial score (nSPS) is 15.1. The number of nitrogens with one attached hydrogen (secondary N) is 1. The summed E-state index contributed by atoms with van der Waals surface area (Å²) in [7, 11) is 0. The molecular weight excluding hydrogens is 412 g/mol. The van der Waals surface area contributed by atoms with Gasteiger partial charge in [0.05, 0.1) is 5.69 Å². The summed E-state index contributed by atoms with van der Waals surface area (Å²) in [5.41, 5.74) is 5.44. The number of hydrogen-bond acceptors (Lipinski definition) is 5. The van der Waals surface area contributed by atoms with Gasteiger partial charge in [-0.05, 0) is 74.7 Å². The van der Waals surface area contributed by atoms with E-state index in [0.717, 1.165) is 43.7 Å². The zero-order valence-corrected chi connectivity index (χ0v) is 18.8. The summed E-state index contributed by atoms with van der Waals surface area (Å²) >= 11 is 0. The predicted octanol–water partition coefficient (Wildman–Crippen LogP) is 3.77. The Morgan fingerprint density at radius 3 is 2.70 bits per heavy atom. The highest BCUT2D eigenvalue weighted by Crippen LogP contribution is 2.19. The lowest BCUT2D eigenvalue weighted by molar-refractivity contribution is 0.0935. The smallest absolute Gasteiger partial charge is 0.251 e. The molecule has 1 amide bonds. The Labute approximate surface area is 193 Å². The molecule has 1 fully saturated rings. The minimum Gasteiger partial charge on any atom is -0.352 e. The first kappa shape index (κ1) is 21.3. The standard InChI is InChI=1S/C26H28N6O/c1-19-7-9-21(10-8-19)18-31-14-11-20(12-15-31)17-28-26(33)22-4-2-5-23(16-22)32-25-24(29-30-32)6-3-13-27-25/h2-10,13,16,20H,11-12,14-15,17-18H2,1H3,(H,28,33). The van der Waals surface area contributed by atoms with E-state index in [4.69, 9.17) is 0 Å². The summed E-state index contributed by atoms with van der Waals surface area (Å²) < 4.78 is 1.66. The van der Waals surface area contributed by atoms with Gasteiger partial charge in [-0.3, -0.25) is 9.69 Å². The zero-order chi connectivity index (χ0) is 22.6. The van der Waals surface area contributed by atoms with Gasteiger partial charge in [0.1, 0.15) is 5.52 Å². The van der Waals surface area contributed by atoms with Gasteiger partial charge in [-0.1, -0.05) is 41.1 Å². The van der Waals surface area contributed by atoms with Crippen LogP contribution in [0.3, 0.4) is 0 Å². The van der Waals surface area contributed by atoms with Gasteiger partial charge in [-0.25, -0.2) is 4.98 Å². The molecule has 0 spiro atoms. The number of rotatable bonds is 6. The summed E-state index contributed by atoms with van der Waals surface area (Å²) in [6, 6.07) is 19.9. The number of pyridine rings is 1. The summed E-state index contributed by atoms with van der Waals surface area (Å²) in [5, 5.41) is 11.5. The fourth-order valence-electron chi connectivity index (χ4n) is 4.36. The molecule has 5 rings (SSSR count). The van der Waals surface area contributed by atoms with E-state index in [-0.39, 0.29) is 5.91 Å². The van der Waals surface area contributed by atoms with Crippen LogP contribution in [-0.4, -0.2) is 50.4 Å². The maximum Gasteiger partial charge on any atom is 0.251 e. The fourth-order valence-corrected chi connectivity index (χ4v) is 4.36. The molecule has 3 heterocycles. The fraction of sp³-hybridized carbons (Fsp3) is 0.308. The Balaban J connectivity index is 1.15. The van der Waals surface area contributed by atoms with E-state index < -0.39 is 0 Å². The molecule has 0 radical (unpaired) electrons. The lowest BCUT2D eigenvalue weighted by Crippen LogP contribution is -2.38. The number of carbonyl (C=O) groups is 1. The molecule has 1 saturated heterocycles. The average Bonchev–Trinajstić information content (AvgIpc) is 3.29. The first-order valence-electron chi connectivity index (χ1n) is 11.5. The molecule has 0 bridgehead atoms. The number of aryl methyl sites for hydroxylation is 1. The molecule has 0 saturated carbocycles. The van der Waals surface area contributed by atoms with Crippen molar-refractivity contribution < 1.29 is 4.79 Å². The maximum atomic E-state index is 12.8. The zero-order valence-electron chi connectivity index (χ0n) is 18.8. The van der Waals surface area contributed by atoms with E-state index in [1.165, 1.54) is 11.1 Å². The number of piperidine rings is 1. The minimum absolute atomic E-state index is 0.0590. The number of nitrogens with zero attached hydrogens (tertiary/aromatic N) is 5. The van der Waals surface area contributed by atoms with Gasteiger partial charge in [-0.2, -0.15) is 4.68 Å². The minimum atomic E-state index is -0.0590. The number of amides is 1. The monoisotopic (exact) mass is 440 g/mol. The van der Waals surface area contributed by atoms with Crippen LogP contribution in [-0.2, 0) is 6.54 Å². The van der Waals surface area contributed by atoms with Crippen molar-refractivity contribution in [2.75, 3.05) is 19.6 Å². The highest BCUT2D eigenvalue weighted by atomic mass is 16.1. The lowest BCUT2D eigenvalue weighted by atomic mass is 9.96. The second kappa shape index (κ2) is 9.50. The number of fused-ring (bicyclic) bond motifs is 1. The summed E-state index contributed by atoms with van der Waals surface area (Å²) in [4.78, 5) is 19.7. The third-order valence-electron chi connectivity index (χ3n) is 6.35. The molecule has 33 heavy (non-hydrogen) atoms. The van der Waals surface area contributed by atoms with Crippen molar-refractivity contribution in [3.63, 3.8) is 0 Å². The van der Waals surface area contributed by atoms with Crippen molar-refractivity contribution in [3.05, 3.63) is 83.6 Å². The molecule has 0 unspecified atom stereocenters. The van der Waals surface area contributed by atoms with Crippen LogP contribution in [0.4, 0.5) is 0 Å². The Morgan fingerprint density at radius 1 is 1.06 bits per heavy atom. The first-order chi connectivity index (χ1) is 16.2. The van der Waals surface area contributed by atoms with E-state index in [9.17, 15) is 4.79 Å². The van der Waals surface area contributed by atoms with Crippen LogP contribution >= 0.6 is 0 Å². The van der Waals surface area contributed by atoms with Crippen molar-refractivity contribution >= 4 is 17.1 Å². The Bertz CT molecular complexity index is 1240. The third-order valence-corrected chi connectivity index (χ3v) is 6.35. The van der Waals surface area contributed by atoms with Crippen molar-refractivity contribution in [3.8, 4) is 5.69 Å². The second-order valence-corrected chi connectivity index (χ2v) is 8.81. The highest BCUT2D eigenvalue weighted by Gasteiger charge is 2.20. The van der Waals surface area contributed by atoms with E-state index in [1.807, 2.05) is 36.4 Å². The summed E-state index contributed by atoms with van der Waals surface area (Å²) in [5.74, 6) is 0.450. The molecule has 4 aromatic rings. The largest absolute Gasteiger partial charge is 0.352 e. The molecule has 1 N–H and O–H groups in total. The predicted molar refractivity (Wildman–Crippen MR) is 128 cm³/mol. The maximum absolute atomic E-state index is 12.8. The number of hydrogen-bond donors (Lipinski definition) is 1. The molecule has 2 aromatic carbocycles. The Morgan fingerprint density at radius 2 is 1.88 bits per heavy atom. The number of benzene rings is 2. The second-order valence-electron chi connectivity index (χ2n) is 8.81. The van der Waals surface area contributed by atoms with Crippen molar-refractivity contribution in [2.24, 2.45) is 5.92 Å². The van der Waals surface area contributed by atoms with Crippen LogP contribution in [0, 0.1) is 12.8 Å². The van der Waals surface area contributed by atoms with E-state index in [2.05, 4.69) is 56.7 Å². The van der Waals surface area contributed by atoms with Crippen LogP contribution in [0.25, 0.3) is 16.9 Å². The molecule has 0 aliphatic carbocycles.